The van der Waals surface area contributed by atoms with Crippen molar-refractivity contribution >= 4 is 0 Å². The van der Waals surface area contributed by atoms with E-state index in [0.717, 1.165) is 28.1 Å². The van der Waals surface area contributed by atoms with E-state index in [1.807, 2.05) is 48.8 Å². The molecule has 0 N–H and O–H groups in total. The first-order valence-electron chi connectivity index (χ1n) is 26.8. The van der Waals surface area contributed by atoms with Crippen LogP contribution in [0.4, 0.5) is 0 Å². The number of hydrogen-bond donors (Lipinski definition) is 0. The van der Waals surface area contributed by atoms with Crippen LogP contribution in [0, 0.1) is 6.07 Å². The number of benzene rings is 10. The van der Waals surface area contributed by atoms with Crippen molar-refractivity contribution in [3.63, 3.8) is 0 Å². The minimum atomic E-state index is -0.0479. The molecule has 79 heavy (non-hydrogen) atoms. The first-order valence-corrected chi connectivity index (χ1v) is 26.8. The molecule has 0 bridgehead atoms. The molecule has 0 atom stereocenters. The van der Waals surface area contributed by atoms with Gasteiger partial charge in [0.15, 0.2) is 0 Å². The van der Waals surface area contributed by atoms with E-state index in [4.69, 9.17) is 0 Å². The van der Waals surface area contributed by atoms with Gasteiger partial charge in [0.25, 0.3) is 0 Å². The molecule has 0 saturated carbocycles. The van der Waals surface area contributed by atoms with E-state index >= 15 is 0 Å². The van der Waals surface area contributed by atoms with Gasteiger partial charge < -0.3 is 4.98 Å². The van der Waals surface area contributed by atoms with E-state index in [9.17, 15) is 0 Å². The van der Waals surface area contributed by atoms with Crippen molar-refractivity contribution < 1.29 is 20.1 Å². The SMILES string of the molecule is CC(C)(c1ccccc1)c1ccc(-c2cccc(-c3cccc(-c4cc[c-]c(-c5ccccn5)c4)c3)c2)cc1.CC(C)(c1ccccc1)c1ccc(-c2cccc(-c3cccc(-c4cccc(-c5ccccn5)c4)c3)c2)cc1.[Ir]. The molecular weight excluding hydrogens is 1130 g/mol. The number of rotatable bonds is 12. The van der Waals surface area contributed by atoms with Crippen LogP contribution in [-0.2, 0) is 30.9 Å². The normalized spacial score (nSPS) is 11.2. The molecule has 0 saturated heterocycles. The van der Waals surface area contributed by atoms with Gasteiger partial charge in [0, 0.05) is 48.9 Å². The van der Waals surface area contributed by atoms with Crippen LogP contribution in [0.25, 0.3) is 89.3 Å². The Hall–Kier alpha value is -8.85. The summed E-state index contributed by atoms with van der Waals surface area (Å²) in [4.78, 5) is 9.01. The molecule has 3 heteroatoms. The number of hydrogen-bond acceptors (Lipinski definition) is 2. The van der Waals surface area contributed by atoms with Crippen LogP contribution in [0.5, 0.6) is 0 Å². The summed E-state index contributed by atoms with van der Waals surface area (Å²) in [7, 11) is 0. The average molecular weight is 1190 g/mol. The van der Waals surface area contributed by atoms with Gasteiger partial charge in [-0.3, -0.25) is 4.98 Å². The molecule has 10 aromatic carbocycles. The van der Waals surface area contributed by atoms with Crippen LogP contribution in [0.3, 0.4) is 0 Å². The third-order valence-electron chi connectivity index (χ3n) is 15.2. The van der Waals surface area contributed by atoms with E-state index in [-0.39, 0.29) is 30.9 Å². The second-order valence-electron chi connectivity index (χ2n) is 21.0. The van der Waals surface area contributed by atoms with Crippen LogP contribution >= 0.6 is 0 Å². The average Bonchev–Trinajstić information content (AvgIpc) is 3.53. The first kappa shape index (κ1) is 53.5. The number of nitrogens with zero attached hydrogens (tertiary/aromatic N) is 2. The van der Waals surface area contributed by atoms with Gasteiger partial charge in [-0.15, -0.1) is 35.4 Å². The van der Waals surface area contributed by atoms with Gasteiger partial charge in [-0.2, -0.15) is 0 Å². The summed E-state index contributed by atoms with van der Waals surface area (Å²) < 4.78 is 0. The summed E-state index contributed by atoms with van der Waals surface area (Å²) in [5, 5.41) is 0. The zero-order valence-corrected chi connectivity index (χ0v) is 47.4. The van der Waals surface area contributed by atoms with Crippen LogP contribution in [0.1, 0.15) is 49.9 Å². The summed E-state index contributed by atoms with van der Waals surface area (Å²) in [6.07, 6.45) is 3.66. The van der Waals surface area contributed by atoms with E-state index in [0.29, 0.717) is 0 Å². The minimum absolute atomic E-state index is 0. The molecule has 0 aliphatic carbocycles. The molecule has 385 valence electrons. The molecule has 0 aliphatic heterocycles. The molecule has 0 fully saturated rings. The van der Waals surface area contributed by atoms with Crippen molar-refractivity contribution in [3.8, 4) is 89.3 Å². The van der Waals surface area contributed by atoms with Crippen molar-refractivity contribution in [1.29, 1.82) is 0 Å². The van der Waals surface area contributed by atoms with Crippen molar-refractivity contribution in [2.45, 2.75) is 38.5 Å². The van der Waals surface area contributed by atoms with Crippen molar-refractivity contribution in [2.24, 2.45) is 0 Å². The van der Waals surface area contributed by atoms with Crippen molar-refractivity contribution in [1.82, 2.24) is 9.97 Å². The van der Waals surface area contributed by atoms with E-state index in [2.05, 4.69) is 292 Å². The molecule has 0 amide bonds. The van der Waals surface area contributed by atoms with Gasteiger partial charge in [0.1, 0.15) is 0 Å². The number of pyridine rings is 2. The molecule has 2 heterocycles. The second kappa shape index (κ2) is 24.2. The standard InChI is InChI=1S/C38H31N.C38H30N.Ir/c2*1-38(2,35-17-4-3-5-18-35)36-22-20-28(21-23-36)29-11-8-12-30(25-29)31-13-9-14-32(26-31)33-15-10-16-34(27-33)37-19-6-7-24-39-37;/h3-27H,1-2H3;3-15,17-27H,1-2H3;/q;-1;. The van der Waals surface area contributed by atoms with Gasteiger partial charge in [0.2, 0.25) is 0 Å². The maximum Gasteiger partial charge on any atom is 0.0702 e. The summed E-state index contributed by atoms with van der Waals surface area (Å²) in [5.41, 5.74) is 23.6. The van der Waals surface area contributed by atoms with Crippen molar-refractivity contribution in [3.05, 3.63) is 326 Å². The zero-order valence-electron chi connectivity index (χ0n) is 45.0. The molecule has 12 aromatic rings. The molecule has 0 unspecified atom stereocenters. The molecule has 2 aromatic heterocycles. The Balaban J connectivity index is 0.000000176. The third-order valence-corrected chi connectivity index (χ3v) is 15.2. The Morgan fingerprint density at radius 2 is 0.557 bits per heavy atom. The fourth-order valence-electron chi connectivity index (χ4n) is 10.4. The quantitative estimate of drug-likeness (QED) is 0.114. The fraction of sp³-hybridized carbons (Fsp3) is 0.0789. The summed E-state index contributed by atoms with van der Waals surface area (Å²) >= 11 is 0. The largest absolute Gasteiger partial charge is 0.305 e. The fourth-order valence-corrected chi connectivity index (χ4v) is 10.4. The predicted octanol–water partition coefficient (Wildman–Crippen LogP) is 19.9. The van der Waals surface area contributed by atoms with Gasteiger partial charge in [-0.1, -0.05) is 246 Å². The molecule has 2 nitrogen and oxygen atoms in total. The van der Waals surface area contributed by atoms with E-state index in [1.54, 1.807) is 0 Å². The van der Waals surface area contributed by atoms with Crippen LogP contribution < -0.4 is 0 Å². The second-order valence-corrected chi connectivity index (χ2v) is 21.0. The molecular formula is C76H61IrN2-. The first-order chi connectivity index (χ1) is 38.2. The minimum Gasteiger partial charge on any atom is -0.305 e. The Labute approximate surface area is 480 Å². The molecule has 1 radical (unpaired) electrons. The predicted molar refractivity (Wildman–Crippen MR) is 328 cm³/mol. The van der Waals surface area contributed by atoms with Crippen molar-refractivity contribution in [2.75, 3.05) is 0 Å². The van der Waals surface area contributed by atoms with Gasteiger partial charge >= 0.3 is 0 Å². The molecule has 0 spiro atoms. The maximum absolute atomic E-state index is 4.52. The van der Waals surface area contributed by atoms with Gasteiger partial charge in [0.05, 0.1) is 5.69 Å². The van der Waals surface area contributed by atoms with Crippen LogP contribution in [-0.4, -0.2) is 9.97 Å². The van der Waals surface area contributed by atoms with Crippen LogP contribution in [0.2, 0.25) is 0 Å². The summed E-state index contributed by atoms with van der Waals surface area (Å²) in [6.45, 7) is 9.15. The Bertz CT molecular complexity index is 3660. The molecule has 0 aliphatic rings. The zero-order chi connectivity index (χ0) is 53.3. The smallest absolute Gasteiger partial charge is 0.0702 e. The van der Waals surface area contributed by atoms with E-state index in [1.165, 1.54) is 83.5 Å². The summed E-state index contributed by atoms with van der Waals surface area (Å²) in [6, 6.07) is 105. The monoisotopic (exact) mass is 1190 g/mol. The summed E-state index contributed by atoms with van der Waals surface area (Å²) in [5.74, 6) is 0. The molecule has 12 rings (SSSR count). The topological polar surface area (TPSA) is 25.8 Å². The van der Waals surface area contributed by atoms with Gasteiger partial charge in [-0.25, -0.2) is 0 Å². The van der Waals surface area contributed by atoms with Crippen LogP contribution in [0.15, 0.2) is 298 Å². The third kappa shape index (κ3) is 12.3. The Morgan fingerprint density at radius 3 is 0.924 bits per heavy atom. The number of aromatic nitrogens is 2. The Kier molecular flexibility index (Phi) is 16.4. The van der Waals surface area contributed by atoms with E-state index < -0.39 is 0 Å². The van der Waals surface area contributed by atoms with Gasteiger partial charge in [-0.05, 0) is 138 Å². The Morgan fingerprint density at radius 1 is 0.253 bits per heavy atom. The maximum atomic E-state index is 4.52.